The first-order chi connectivity index (χ1) is 19.4. The summed E-state index contributed by atoms with van der Waals surface area (Å²) >= 11 is 0. The van der Waals surface area contributed by atoms with Gasteiger partial charge in [-0.1, -0.05) is 33.1 Å². The Morgan fingerprint density at radius 1 is 1.00 bits per heavy atom. The molecule has 0 bridgehead atoms. The zero-order chi connectivity index (χ0) is 31.8. The molecule has 1 aliphatic rings. The molecule has 1 fully saturated rings. The molecule has 0 saturated heterocycles. The minimum Gasteiger partial charge on any atom is -0.478 e. The maximum Gasteiger partial charge on any atom is 0.408 e. The van der Waals surface area contributed by atoms with E-state index in [-0.39, 0.29) is 35.2 Å². The quantitative estimate of drug-likeness (QED) is 0.224. The van der Waals surface area contributed by atoms with Gasteiger partial charge in [0.1, 0.15) is 23.2 Å². The number of carbonyl (C=O) groups excluding carboxylic acids is 4. The predicted octanol–water partition coefficient (Wildman–Crippen LogP) is 3.20. The fourth-order valence-corrected chi connectivity index (χ4v) is 4.87. The molecule has 0 radical (unpaired) electrons. The molecule has 42 heavy (non-hydrogen) atoms. The molecule has 13 heteroatoms. The fourth-order valence-electron chi connectivity index (χ4n) is 4.87. The normalized spacial score (nSPS) is 15.7. The number of aromatic nitrogens is 1. The number of nitrogen functional groups attached to an aromatic ring is 1. The Morgan fingerprint density at radius 3 is 2.17 bits per heavy atom. The first-order valence-corrected chi connectivity index (χ1v) is 14.3. The van der Waals surface area contributed by atoms with Crippen molar-refractivity contribution in [3.8, 4) is 0 Å². The molecule has 1 aromatic heterocycles. The standard InChI is InChI=1S/C29H46N6O7/c1-16(2)22(34-27(41)42-28(3,4)5)24(37)33-23(17-11-9-8-10-12-17)25(38)35-29(6,7)13-20(36)32-19-15-31-14-18(21(19)30)26(39)40/h14-17,22-23H,8-13H2,1-7H3,(H2,30,31)(H,32,36)(H,33,37)(H,34,41)(H,35,38)(H,39,40)/t22-,23-/m0/s1. The van der Waals surface area contributed by atoms with E-state index in [1.54, 1.807) is 48.5 Å². The van der Waals surface area contributed by atoms with Gasteiger partial charge < -0.3 is 36.8 Å². The van der Waals surface area contributed by atoms with Crippen LogP contribution < -0.4 is 27.0 Å². The molecule has 2 atom stereocenters. The van der Waals surface area contributed by atoms with Gasteiger partial charge in [-0.15, -0.1) is 0 Å². The Morgan fingerprint density at radius 2 is 1.62 bits per heavy atom. The highest BCUT2D eigenvalue weighted by atomic mass is 16.6. The van der Waals surface area contributed by atoms with E-state index in [0.29, 0.717) is 0 Å². The third-order valence-corrected chi connectivity index (χ3v) is 6.88. The van der Waals surface area contributed by atoms with Gasteiger partial charge in [-0.3, -0.25) is 19.4 Å². The largest absolute Gasteiger partial charge is 0.478 e. The van der Waals surface area contributed by atoms with Crippen LogP contribution in [0.25, 0.3) is 0 Å². The van der Waals surface area contributed by atoms with Crippen LogP contribution in [0.4, 0.5) is 16.2 Å². The van der Waals surface area contributed by atoms with Gasteiger partial charge in [-0.05, 0) is 59.3 Å². The number of hydrogen-bond acceptors (Lipinski definition) is 8. The van der Waals surface area contributed by atoms with E-state index in [4.69, 9.17) is 10.5 Å². The number of hydrogen-bond donors (Lipinski definition) is 6. The number of alkyl carbamates (subject to hydrolysis) is 1. The van der Waals surface area contributed by atoms with E-state index in [0.717, 1.165) is 38.3 Å². The molecule has 0 unspecified atom stereocenters. The highest BCUT2D eigenvalue weighted by Crippen LogP contribution is 2.28. The molecule has 1 saturated carbocycles. The summed E-state index contributed by atoms with van der Waals surface area (Å²) in [6.45, 7) is 12.1. The molecule has 7 N–H and O–H groups in total. The summed E-state index contributed by atoms with van der Waals surface area (Å²) in [6.07, 6.45) is 5.81. The molecule has 13 nitrogen and oxygen atoms in total. The molecule has 1 aliphatic carbocycles. The minimum atomic E-state index is -1.28. The average molecular weight is 591 g/mol. The molecular weight excluding hydrogens is 544 g/mol. The molecule has 2 rings (SSSR count). The number of carbonyl (C=O) groups is 5. The number of ether oxygens (including phenoxy) is 1. The summed E-state index contributed by atoms with van der Waals surface area (Å²) in [6, 6.07) is -1.81. The van der Waals surface area contributed by atoms with Crippen LogP contribution in [0.2, 0.25) is 0 Å². The van der Waals surface area contributed by atoms with Crippen molar-refractivity contribution in [2.75, 3.05) is 11.1 Å². The van der Waals surface area contributed by atoms with Gasteiger partial charge >= 0.3 is 12.1 Å². The monoisotopic (exact) mass is 590 g/mol. The SMILES string of the molecule is CC(C)[C@H](NC(=O)OC(C)(C)C)C(=O)N[C@H](C(=O)NC(C)(C)CC(=O)Nc1cncc(C(=O)O)c1N)C1CCCCC1. The average Bonchev–Trinajstić information content (AvgIpc) is 2.85. The maximum atomic E-state index is 13.6. The third kappa shape index (κ3) is 10.5. The maximum absolute atomic E-state index is 13.6. The van der Waals surface area contributed by atoms with Crippen LogP contribution in [0.15, 0.2) is 12.4 Å². The van der Waals surface area contributed by atoms with E-state index in [2.05, 4.69) is 26.3 Å². The van der Waals surface area contributed by atoms with Gasteiger partial charge in [-0.25, -0.2) is 9.59 Å². The molecule has 1 heterocycles. The molecule has 0 aliphatic heterocycles. The van der Waals surface area contributed by atoms with Gasteiger partial charge in [-0.2, -0.15) is 0 Å². The number of nitrogens with zero attached hydrogens (tertiary/aromatic N) is 1. The summed E-state index contributed by atoms with van der Waals surface area (Å²) in [5.74, 6) is -3.14. The predicted molar refractivity (Wildman–Crippen MR) is 158 cm³/mol. The van der Waals surface area contributed by atoms with E-state index < -0.39 is 53.0 Å². The third-order valence-electron chi connectivity index (χ3n) is 6.88. The minimum absolute atomic E-state index is 0.0478. The van der Waals surface area contributed by atoms with Crippen LogP contribution in [0, 0.1) is 11.8 Å². The summed E-state index contributed by atoms with van der Waals surface area (Å²) in [7, 11) is 0. The van der Waals surface area contributed by atoms with Gasteiger partial charge in [0.2, 0.25) is 17.7 Å². The Bertz CT molecular complexity index is 1160. The molecule has 0 spiro atoms. The summed E-state index contributed by atoms with van der Waals surface area (Å²) in [5, 5.41) is 20.2. The number of anilines is 2. The van der Waals surface area contributed by atoms with Crippen molar-refractivity contribution >= 4 is 41.2 Å². The first kappa shape index (κ1) is 34.3. The van der Waals surface area contributed by atoms with Gasteiger partial charge in [0.15, 0.2) is 0 Å². The van der Waals surface area contributed by atoms with E-state index in [9.17, 15) is 29.1 Å². The number of nitrogens with one attached hydrogen (secondary N) is 4. The van der Waals surface area contributed by atoms with Crippen LogP contribution >= 0.6 is 0 Å². The number of carboxylic acids is 1. The van der Waals surface area contributed by atoms with Crippen LogP contribution in [-0.2, 0) is 19.1 Å². The zero-order valence-electron chi connectivity index (χ0n) is 25.6. The molecular formula is C29H46N6O7. The lowest BCUT2D eigenvalue weighted by atomic mass is 9.82. The van der Waals surface area contributed by atoms with E-state index in [1.807, 2.05) is 0 Å². The summed E-state index contributed by atoms with van der Waals surface area (Å²) < 4.78 is 5.32. The Kier molecular flexibility index (Phi) is 11.7. The lowest BCUT2D eigenvalue weighted by molar-refractivity contribution is -0.133. The van der Waals surface area contributed by atoms with E-state index >= 15 is 0 Å². The zero-order valence-corrected chi connectivity index (χ0v) is 25.6. The Labute approximate surface area is 247 Å². The molecule has 4 amide bonds. The molecule has 0 aromatic carbocycles. The van der Waals surface area contributed by atoms with Crippen molar-refractivity contribution in [3.05, 3.63) is 18.0 Å². The number of carboxylic acid groups (broad SMARTS) is 1. The van der Waals surface area contributed by atoms with Crippen molar-refractivity contribution in [2.45, 2.75) is 110 Å². The van der Waals surface area contributed by atoms with Crippen molar-refractivity contribution in [3.63, 3.8) is 0 Å². The van der Waals surface area contributed by atoms with Crippen LogP contribution in [0.5, 0.6) is 0 Å². The lowest BCUT2D eigenvalue weighted by Gasteiger charge is -2.35. The van der Waals surface area contributed by atoms with Gasteiger partial charge in [0.05, 0.1) is 17.6 Å². The Hall–Kier alpha value is -3.90. The first-order valence-electron chi connectivity index (χ1n) is 14.3. The number of rotatable bonds is 11. The summed E-state index contributed by atoms with van der Waals surface area (Å²) in [5.41, 5.74) is 3.76. The van der Waals surface area contributed by atoms with Gasteiger partial charge in [0.25, 0.3) is 0 Å². The highest BCUT2D eigenvalue weighted by molar-refractivity contribution is 6.01. The van der Waals surface area contributed by atoms with Crippen molar-refractivity contribution < 1.29 is 33.8 Å². The van der Waals surface area contributed by atoms with Crippen molar-refractivity contribution in [1.82, 2.24) is 20.9 Å². The lowest BCUT2D eigenvalue weighted by Crippen LogP contribution is -2.60. The van der Waals surface area contributed by atoms with Crippen LogP contribution in [-0.4, -0.2) is 63.1 Å². The smallest absolute Gasteiger partial charge is 0.408 e. The highest BCUT2D eigenvalue weighted by Gasteiger charge is 2.37. The molecule has 234 valence electrons. The van der Waals surface area contributed by atoms with Gasteiger partial charge in [0, 0.05) is 18.2 Å². The van der Waals surface area contributed by atoms with Crippen molar-refractivity contribution in [1.29, 1.82) is 0 Å². The fraction of sp³-hybridized carbons (Fsp3) is 0.655. The summed E-state index contributed by atoms with van der Waals surface area (Å²) in [4.78, 5) is 67.5. The van der Waals surface area contributed by atoms with Crippen molar-refractivity contribution in [2.24, 2.45) is 11.8 Å². The second-order valence-corrected chi connectivity index (χ2v) is 12.8. The topological polar surface area (TPSA) is 202 Å². The number of pyridine rings is 1. The number of amides is 4. The Balaban J connectivity index is 2.16. The second-order valence-electron chi connectivity index (χ2n) is 12.8. The molecule has 1 aromatic rings. The van der Waals surface area contributed by atoms with Crippen LogP contribution in [0.3, 0.4) is 0 Å². The van der Waals surface area contributed by atoms with E-state index in [1.165, 1.54) is 6.20 Å². The number of nitrogens with two attached hydrogens (primary N) is 1. The number of aromatic carboxylic acids is 1. The van der Waals surface area contributed by atoms with Crippen LogP contribution in [0.1, 0.15) is 97.3 Å². The second kappa shape index (κ2) is 14.3.